The second kappa shape index (κ2) is 5.99. The number of aromatic nitrogens is 2. The predicted molar refractivity (Wildman–Crippen MR) is 81.5 cm³/mol. The lowest BCUT2D eigenvalue weighted by Crippen LogP contribution is -2.13. The van der Waals surface area contributed by atoms with Crippen molar-refractivity contribution >= 4 is 22.6 Å². The Labute approximate surface area is 122 Å². The average Bonchev–Trinajstić information content (AvgIpc) is 2.47. The highest BCUT2D eigenvalue weighted by Crippen LogP contribution is 2.11. The number of fused-ring (bicyclic) bond motifs is 1. The van der Waals surface area contributed by atoms with E-state index in [0.29, 0.717) is 6.54 Å². The summed E-state index contributed by atoms with van der Waals surface area (Å²) in [7, 11) is 0. The van der Waals surface area contributed by atoms with Gasteiger partial charge in [-0.15, -0.1) is 0 Å². The molecule has 0 unspecified atom stereocenters. The van der Waals surface area contributed by atoms with Crippen molar-refractivity contribution in [2.45, 2.75) is 13.1 Å². The summed E-state index contributed by atoms with van der Waals surface area (Å²) >= 11 is 5.96. The molecule has 20 heavy (non-hydrogen) atoms. The predicted octanol–water partition coefficient (Wildman–Crippen LogP) is 3.57. The molecule has 0 amide bonds. The third kappa shape index (κ3) is 3.13. The van der Waals surface area contributed by atoms with E-state index in [0.717, 1.165) is 33.9 Å². The number of halogens is 1. The standard InChI is InChI=1S/C16H14ClN3/c17-13-5-3-4-12(8-13)9-18-10-14-11-19-15-6-1-2-7-16(15)20-14/h1-8,11,18H,9-10H2. The van der Waals surface area contributed by atoms with Gasteiger partial charge in [-0.3, -0.25) is 4.98 Å². The summed E-state index contributed by atoms with van der Waals surface area (Å²) in [6.45, 7) is 1.44. The lowest BCUT2D eigenvalue weighted by Gasteiger charge is -2.05. The summed E-state index contributed by atoms with van der Waals surface area (Å²) in [5.74, 6) is 0. The Balaban J connectivity index is 1.65. The Hall–Kier alpha value is -1.97. The molecule has 0 aliphatic heterocycles. The van der Waals surface area contributed by atoms with Gasteiger partial charge >= 0.3 is 0 Å². The normalized spacial score (nSPS) is 10.8. The molecule has 0 saturated heterocycles. The summed E-state index contributed by atoms with van der Waals surface area (Å²) in [4.78, 5) is 8.97. The van der Waals surface area contributed by atoms with Crippen molar-refractivity contribution in [3.05, 3.63) is 71.0 Å². The van der Waals surface area contributed by atoms with E-state index < -0.39 is 0 Å². The van der Waals surface area contributed by atoms with Crippen LogP contribution in [0.1, 0.15) is 11.3 Å². The summed E-state index contributed by atoms with van der Waals surface area (Å²) in [6.07, 6.45) is 1.81. The third-order valence-corrected chi connectivity index (χ3v) is 3.26. The highest BCUT2D eigenvalue weighted by molar-refractivity contribution is 6.30. The molecular formula is C16H14ClN3. The zero-order valence-corrected chi connectivity index (χ0v) is 11.6. The molecule has 2 aromatic carbocycles. The molecule has 0 spiro atoms. The SMILES string of the molecule is Clc1cccc(CNCc2cnc3ccccc3n2)c1. The maximum absolute atomic E-state index is 5.96. The zero-order chi connectivity index (χ0) is 13.8. The smallest absolute Gasteiger partial charge is 0.0890 e. The van der Waals surface area contributed by atoms with Crippen LogP contribution in [0.5, 0.6) is 0 Å². The topological polar surface area (TPSA) is 37.8 Å². The Kier molecular flexibility index (Phi) is 3.90. The van der Waals surface area contributed by atoms with Crippen LogP contribution < -0.4 is 5.32 Å². The zero-order valence-electron chi connectivity index (χ0n) is 10.9. The van der Waals surface area contributed by atoms with E-state index in [1.165, 1.54) is 0 Å². The molecule has 0 radical (unpaired) electrons. The molecule has 1 heterocycles. The van der Waals surface area contributed by atoms with E-state index in [9.17, 15) is 0 Å². The van der Waals surface area contributed by atoms with E-state index >= 15 is 0 Å². The van der Waals surface area contributed by atoms with E-state index in [1.807, 2.05) is 54.7 Å². The van der Waals surface area contributed by atoms with Gasteiger partial charge in [0.1, 0.15) is 0 Å². The maximum atomic E-state index is 5.96. The first kappa shape index (κ1) is 13.0. The van der Waals surface area contributed by atoms with Crippen molar-refractivity contribution in [3.63, 3.8) is 0 Å². The van der Waals surface area contributed by atoms with Crippen molar-refractivity contribution in [2.75, 3.05) is 0 Å². The van der Waals surface area contributed by atoms with E-state index in [-0.39, 0.29) is 0 Å². The number of hydrogen-bond donors (Lipinski definition) is 1. The van der Waals surface area contributed by atoms with Gasteiger partial charge in [-0.05, 0) is 29.8 Å². The fourth-order valence-electron chi connectivity index (χ4n) is 2.06. The van der Waals surface area contributed by atoms with Gasteiger partial charge in [0, 0.05) is 18.1 Å². The van der Waals surface area contributed by atoms with Gasteiger partial charge in [0.2, 0.25) is 0 Å². The Morgan fingerprint density at radius 2 is 1.80 bits per heavy atom. The van der Waals surface area contributed by atoms with Crippen LogP contribution in [0.2, 0.25) is 5.02 Å². The van der Waals surface area contributed by atoms with Gasteiger partial charge in [-0.25, -0.2) is 4.98 Å². The van der Waals surface area contributed by atoms with Gasteiger partial charge in [-0.2, -0.15) is 0 Å². The van der Waals surface area contributed by atoms with Crippen molar-refractivity contribution in [3.8, 4) is 0 Å². The van der Waals surface area contributed by atoms with Crippen molar-refractivity contribution < 1.29 is 0 Å². The summed E-state index contributed by atoms with van der Waals surface area (Å²) in [6, 6.07) is 15.7. The van der Waals surface area contributed by atoms with Crippen LogP contribution in [0.25, 0.3) is 11.0 Å². The second-order valence-electron chi connectivity index (χ2n) is 4.58. The van der Waals surface area contributed by atoms with E-state index in [1.54, 1.807) is 0 Å². The molecular weight excluding hydrogens is 270 g/mol. The van der Waals surface area contributed by atoms with Crippen LogP contribution in [0, 0.1) is 0 Å². The molecule has 100 valence electrons. The molecule has 0 aliphatic carbocycles. The first-order chi connectivity index (χ1) is 9.81. The van der Waals surface area contributed by atoms with E-state index in [4.69, 9.17) is 11.6 Å². The number of rotatable bonds is 4. The molecule has 3 rings (SSSR count). The summed E-state index contributed by atoms with van der Waals surface area (Å²) < 4.78 is 0. The Morgan fingerprint density at radius 3 is 2.65 bits per heavy atom. The van der Waals surface area contributed by atoms with Crippen LogP contribution in [0.4, 0.5) is 0 Å². The lowest BCUT2D eigenvalue weighted by molar-refractivity contribution is 0.679. The average molecular weight is 284 g/mol. The molecule has 0 fully saturated rings. The number of nitrogens with zero attached hydrogens (tertiary/aromatic N) is 2. The summed E-state index contributed by atoms with van der Waals surface area (Å²) in [5.41, 5.74) is 3.94. The van der Waals surface area contributed by atoms with Crippen molar-refractivity contribution in [1.29, 1.82) is 0 Å². The molecule has 3 aromatic rings. The Morgan fingerprint density at radius 1 is 0.950 bits per heavy atom. The van der Waals surface area contributed by atoms with Crippen LogP contribution in [-0.4, -0.2) is 9.97 Å². The summed E-state index contributed by atoms with van der Waals surface area (Å²) in [5, 5.41) is 4.11. The van der Waals surface area contributed by atoms with Crippen LogP contribution in [-0.2, 0) is 13.1 Å². The maximum Gasteiger partial charge on any atom is 0.0890 e. The van der Waals surface area contributed by atoms with Crippen LogP contribution >= 0.6 is 11.6 Å². The highest BCUT2D eigenvalue weighted by atomic mass is 35.5. The van der Waals surface area contributed by atoms with Crippen molar-refractivity contribution in [1.82, 2.24) is 15.3 Å². The Bertz CT molecular complexity index is 727. The molecule has 1 aromatic heterocycles. The lowest BCUT2D eigenvalue weighted by atomic mass is 10.2. The van der Waals surface area contributed by atoms with Gasteiger partial charge < -0.3 is 5.32 Å². The quantitative estimate of drug-likeness (QED) is 0.795. The fraction of sp³-hybridized carbons (Fsp3) is 0.125. The molecule has 4 heteroatoms. The van der Waals surface area contributed by atoms with E-state index in [2.05, 4.69) is 15.3 Å². The number of para-hydroxylation sites is 2. The largest absolute Gasteiger partial charge is 0.307 e. The first-order valence-corrected chi connectivity index (χ1v) is 6.85. The van der Waals surface area contributed by atoms with Gasteiger partial charge in [0.05, 0.1) is 22.9 Å². The van der Waals surface area contributed by atoms with Crippen molar-refractivity contribution in [2.24, 2.45) is 0 Å². The van der Waals surface area contributed by atoms with Gasteiger partial charge in [0.25, 0.3) is 0 Å². The second-order valence-corrected chi connectivity index (χ2v) is 5.02. The van der Waals surface area contributed by atoms with Crippen LogP contribution in [0.3, 0.4) is 0 Å². The first-order valence-electron chi connectivity index (χ1n) is 6.47. The molecule has 0 bridgehead atoms. The number of hydrogen-bond acceptors (Lipinski definition) is 3. The monoisotopic (exact) mass is 283 g/mol. The minimum atomic E-state index is 0.685. The highest BCUT2D eigenvalue weighted by Gasteiger charge is 1.99. The number of nitrogens with one attached hydrogen (secondary N) is 1. The minimum Gasteiger partial charge on any atom is -0.307 e. The molecule has 1 N–H and O–H groups in total. The minimum absolute atomic E-state index is 0.685. The molecule has 3 nitrogen and oxygen atoms in total. The molecule has 0 atom stereocenters. The fourth-order valence-corrected chi connectivity index (χ4v) is 2.28. The van der Waals surface area contributed by atoms with Gasteiger partial charge in [0.15, 0.2) is 0 Å². The van der Waals surface area contributed by atoms with Gasteiger partial charge in [-0.1, -0.05) is 35.9 Å². The molecule has 0 saturated carbocycles. The third-order valence-electron chi connectivity index (χ3n) is 3.02. The molecule has 0 aliphatic rings. The number of benzene rings is 2. The van der Waals surface area contributed by atoms with Crippen LogP contribution in [0.15, 0.2) is 54.7 Å².